The Kier molecular flexibility index (Phi) is 3.57. The number of carboxylic acids is 1. The Labute approximate surface area is 105 Å². The smallest absolute Gasteiger partial charge is 0.307 e. The number of hydrogen-bond donors (Lipinski definition) is 1. The van der Waals surface area contributed by atoms with Gasteiger partial charge in [-0.3, -0.25) is 9.78 Å². The highest BCUT2D eigenvalue weighted by molar-refractivity contribution is 5.77. The van der Waals surface area contributed by atoms with E-state index < -0.39 is 5.97 Å². The SMILES string of the molecule is COc1ccc(-c2cccnc2)c(CC(=O)O)c1. The van der Waals surface area contributed by atoms with Gasteiger partial charge in [-0.2, -0.15) is 0 Å². The maximum atomic E-state index is 10.9. The van der Waals surface area contributed by atoms with Crippen molar-refractivity contribution in [2.75, 3.05) is 7.11 Å². The van der Waals surface area contributed by atoms with Gasteiger partial charge in [0.2, 0.25) is 0 Å². The molecule has 0 saturated heterocycles. The summed E-state index contributed by atoms with van der Waals surface area (Å²) in [5.41, 5.74) is 2.48. The Bertz CT molecular complexity index is 552. The lowest BCUT2D eigenvalue weighted by Crippen LogP contribution is -2.02. The van der Waals surface area contributed by atoms with E-state index in [1.807, 2.05) is 24.3 Å². The molecule has 1 aromatic carbocycles. The second kappa shape index (κ2) is 5.31. The standard InChI is InChI=1S/C14H13NO3/c1-18-12-4-5-13(10-3-2-6-15-9-10)11(7-12)8-14(16)17/h2-7,9H,8H2,1H3,(H,16,17). The van der Waals surface area contributed by atoms with Crippen molar-refractivity contribution in [2.45, 2.75) is 6.42 Å². The van der Waals surface area contributed by atoms with E-state index in [2.05, 4.69) is 4.98 Å². The maximum absolute atomic E-state index is 10.9. The summed E-state index contributed by atoms with van der Waals surface area (Å²) in [6.07, 6.45) is 3.36. The minimum absolute atomic E-state index is 0.0403. The summed E-state index contributed by atoms with van der Waals surface area (Å²) in [6, 6.07) is 9.14. The highest BCUT2D eigenvalue weighted by atomic mass is 16.5. The summed E-state index contributed by atoms with van der Waals surface area (Å²) in [5, 5.41) is 8.95. The van der Waals surface area contributed by atoms with Gasteiger partial charge in [0.15, 0.2) is 0 Å². The zero-order chi connectivity index (χ0) is 13.0. The molecule has 0 atom stereocenters. The molecule has 0 bridgehead atoms. The summed E-state index contributed by atoms with van der Waals surface area (Å²) < 4.78 is 5.12. The van der Waals surface area contributed by atoms with E-state index >= 15 is 0 Å². The molecule has 0 unspecified atom stereocenters. The molecule has 0 aliphatic heterocycles. The molecule has 4 heteroatoms. The largest absolute Gasteiger partial charge is 0.497 e. The molecule has 2 rings (SSSR count). The molecular weight excluding hydrogens is 230 g/mol. The zero-order valence-electron chi connectivity index (χ0n) is 9.96. The quantitative estimate of drug-likeness (QED) is 0.895. The average Bonchev–Trinajstić information content (AvgIpc) is 2.39. The lowest BCUT2D eigenvalue weighted by Gasteiger charge is -2.09. The first-order chi connectivity index (χ1) is 8.70. The van der Waals surface area contributed by atoms with Gasteiger partial charge < -0.3 is 9.84 Å². The maximum Gasteiger partial charge on any atom is 0.307 e. The minimum atomic E-state index is -0.867. The molecule has 92 valence electrons. The third-order valence-electron chi connectivity index (χ3n) is 2.63. The predicted octanol–water partition coefficient (Wildman–Crippen LogP) is 2.38. The number of nitrogens with zero attached hydrogens (tertiary/aromatic N) is 1. The zero-order valence-corrected chi connectivity index (χ0v) is 9.96. The van der Waals surface area contributed by atoms with Crippen molar-refractivity contribution in [1.29, 1.82) is 0 Å². The van der Waals surface area contributed by atoms with Crippen LogP contribution in [0.1, 0.15) is 5.56 Å². The number of benzene rings is 1. The van der Waals surface area contributed by atoms with Crippen LogP contribution in [0.25, 0.3) is 11.1 Å². The molecule has 0 amide bonds. The van der Waals surface area contributed by atoms with E-state index in [9.17, 15) is 4.79 Å². The van der Waals surface area contributed by atoms with Crippen molar-refractivity contribution in [1.82, 2.24) is 4.98 Å². The highest BCUT2D eigenvalue weighted by Gasteiger charge is 2.10. The van der Waals surface area contributed by atoms with Crippen molar-refractivity contribution in [3.8, 4) is 16.9 Å². The third-order valence-corrected chi connectivity index (χ3v) is 2.63. The van der Waals surface area contributed by atoms with Gasteiger partial charge in [-0.15, -0.1) is 0 Å². The summed E-state index contributed by atoms with van der Waals surface area (Å²) in [7, 11) is 1.56. The Hall–Kier alpha value is -2.36. The number of hydrogen-bond acceptors (Lipinski definition) is 3. The van der Waals surface area contributed by atoms with Crippen LogP contribution in [0.5, 0.6) is 5.75 Å². The molecule has 0 saturated carbocycles. The molecule has 4 nitrogen and oxygen atoms in total. The van der Waals surface area contributed by atoms with Crippen LogP contribution in [-0.2, 0) is 11.2 Å². The molecule has 1 N–H and O–H groups in total. The van der Waals surface area contributed by atoms with Crippen LogP contribution >= 0.6 is 0 Å². The Morgan fingerprint density at radius 3 is 2.83 bits per heavy atom. The molecule has 0 spiro atoms. The Morgan fingerprint density at radius 1 is 1.39 bits per heavy atom. The van der Waals surface area contributed by atoms with Crippen molar-refractivity contribution in [3.63, 3.8) is 0 Å². The highest BCUT2D eigenvalue weighted by Crippen LogP contribution is 2.27. The fourth-order valence-electron chi connectivity index (χ4n) is 1.81. The van der Waals surface area contributed by atoms with Gasteiger partial charge in [0.25, 0.3) is 0 Å². The van der Waals surface area contributed by atoms with Gasteiger partial charge in [-0.25, -0.2) is 0 Å². The first-order valence-corrected chi connectivity index (χ1v) is 5.50. The fourth-order valence-corrected chi connectivity index (χ4v) is 1.81. The molecule has 1 aromatic heterocycles. The lowest BCUT2D eigenvalue weighted by molar-refractivity contribution is -0.136. The van der Waals surface area contributed by atoms with E-state index in [0.717, 1.165) is 16.7 Å². The van der Waals surface area contributed by atoms with Gasteiger partial charge in [-0.1, -0.05) is 12.1 Å². The number of carbonyl (C=O) groups is 1. The van der Waals surface area contributed by atoms with Crippen molar-refractivity contribution >= 4 is 5.97 Å². The van der Waals surface area contributed by atoms with E-state index in [1.54, 1.807) is 25.6 Å². The van der Waals surface area contributed by atoms with E-state index in [0.29, 0.717) is 5.75 Å². The Balaban J connectivity index is 2.49. The van der Waals surface area contributed by atoms with Gasteiger partial charge >= 0.3 is 5.97 Å². The van der Waals surface area contributed by atoms with E-state index in [4.69, 9.17) is 9.84 Å². The van der Waals surface area contributed by atoms with Gasteiger partial charge in [0, 0.05) is 18.0 Å². The normalized spacial score (nSPS) is 10.1. The van der Waals surface area contributed by atoms with Crippen molar-refractivity contribution in [2.24, 2.45) is 0 Å². The van der Waals surface area contributed by atoms with Gasteiger partial charge in [0.1, 0.15) is 5.75 Å². The number of pyridine rings is 1. The molecule has 1 heterocycles. The fraction of sp³-hybridized carbons (Fsp3) is 0.143. The van der Waals surface area contributed by atoms with Crippen molar-refractivity contribution in [3.05, 3.63) is 48.3 Å². The number of carboxylic acid groups (broad SMARTS) is 1. The lowest BCUT2D eigenvalue weighted by atomic mass is 9.98. The molecule has 0 aliphatic rings. The van der Waals surface area contributed by atoms with Crippen LogP contribution in [0.3, 0.4) is 0 Å². The number of ether oxygens (including phenoxy) is 1. The number of rotatable bonds is 4. The minimum Gasteiger partial charge on any atom is -0.497 e. The summed E-state index contributed by atoms with van der Waals surface area (Å²) >= 11 is 0. The summed E-state index contributed by atoms with van der Waals surface area (Å²) in [5.74, 6) is -0.215. The molecule has 18 heavy (non-hydrogen) atoms. The summed E-state index contributed by atoms with van der Waals surface area (Å²) in [6.45, 7) is 0. The summed E-state index contributed by atoms with van der Waals surface area (Å²) in [4.78, 5) is 14.9. The van der Waals surface area contributed by atoms with Gasteiger partial charge in [0.05, 0.1) is 13.5 Å². The Morgan fingerprint density at radius 2 is 2.22 bits per heavy atom. The van der Waals surface area contributed by atoms with Crippen LogP contribution in [0.15, 0.2) is 42.7 Å². The van der Waals surface area contributed by atoms with Gasteiger partial charge in [-0.05, 0) is 29.3 Å². The van der Waals surface area contributed by atoms with Crippen LogP contribution < -0.4 is 4.74 Å². The topological polar surface area (TPSA) is 59.4 Å². The second-order valence-electron chi connectivity index (χ2n) is 3.84. The second-order valence-corrected chi connectivity index (χ2v) is 3.84. The molecule has 0 fully saturated rings. The van der Waals surface area contributed by atoms with Crippen LogP contribution in [0.2, 0.25) is 0 Å². The predicted molar refractivity (Wildman–Crippen MR) is 67.6 cm³/mol. The van der Waals surface area contributed by atoms with Crippen molar-refractivity contribution < 1.29 is 14.6 Å². The molecule has 2 aromatic rings. The monoisotopic (exact) mass is 243 g/mol. The number of aliphatic carboxylic acids is 1. The molecule has 0 aliphatic carbocycles. The first-order valence-electron chi connectivity index (χ1n) is 5.50. The van der Waals surface area contributed by atoms with E-state index in [-0.39, 0.29) is 6.42 Å². The number of aromatic nitrogens is 1. The molecular formula is C14H13NO3. The van der Waals surface area contributed by atoms with Crippen LogP contribution in [0, 0.1) is 0 Å². The third kappa shape index (κ3) is 2.66. The van der Waals surface area contributed by atoms with Crippen LogP contribution in [-0.4, -0.2) is 23.2 Å². The number of methoxy groups -OCH3 is 1. The average molecular weight is 243 g/mol. The first kappa shape index (κ1) is 12.1. The van der Waals surface area contributed by atoms with Crippen LogP contribution in [0.4, 0.5) is 0 Å². The van der Waals surface area contributed by atoms with E-state index in [1.165, 1.54) is 0 Å². The molecule has 0 radical (unpaired) electrons.